The lowest BCUT2D eigenvalue weighted by Crippen LogP contribution is -2.34. The molecule has 336 valence electrons. The molecule has 2 aliphatic rings. The first-order valence-corrected chi connectivity index (χ1v) is 20.4. The van der Waals surface area contributed by atoms with Crippen molar-refractivity contribution in [3.63, 3.8) is 0 Å². The van der Waals surface area contributed by atoms with E-state index < -0.39 is 40.4 Å². The minimum Gasteiger partial charge on any atom is -0.461 e. The van der Waals surface area contributed by atoms with Gasteiger partial charge in [0.2, 0.25) is 0 Å². The molecule has 2 aliphatic heterocycles. The molecule has 61 heavy (non-hydrogen) atoms. The van der Waals surface area contributed by atoms with E-state index >= 15 is 0 Å². The number of carbonyl (C=O) groups excluding carboxylic acids is 4. The van der Waals surface area contributed by atoms with Crippen molar-refractivity contribution in [1.29, 1.82) is 0 Å². The van der Waals surface area contributed by atoms with Crippen LogP contribution in [0.25, 0.3) is 0 Å². The number of hydrogen-bond donors (Lipinski definition) is 1. The maximum Gasteiger partial charge on any atom is 0.358 e. The number of hydrogen-bond acceptors (Lipinski definition) is 9. The normalized spacial score (nSPS) is 12.3. The summed E-state index contributed by atoms with van der Waals surface area (Å²) < 4.78 is 65.8. The monoisotopic (exact) mass is 882 g/mol. The van der Waals surface area contributed by atoms with E-state index in [1.54, 1.807) is 6.92 Å². The zero-order valence-corrected chi connectivity index (χ0v) is 35.0. The molecule has 1 amide bonds. The summed E-state index contributed by atoms with van der Waals surface area (Å²) >= 11 is 5.00. The second-order valence-corrected chi connectivity index (χ2v) is 14.0. The molecular weight excluding hydrogens is 827 g/mol. The summed E-state index contributed by atoms with van der Waals surface area (Å²) in [5.41, 5.74) is 0.799. The van der Waals surface area contributed by atoms with E-state index in [4.69, 9.17) is 21.1 Å². The molecule has 0 bridgehead atoms. The van der Waals surface area contributed by atoms with Gasteiger partial charge < -0.3 is 23.9 Å². The lowest BCUT2D eigenvalue weighted by molar-refractivity contribution is 0.0504. The predicted molar refractivity (Wildman–Crippen MR) is 224 cm³/mol. The van der Waals surface area contributed by atoms with Crippen LogP contribution in [0.3, 0.4) is 0 Å². The molecule has 2 aromatic heterocycles. The summed E-state index contributed by atoms with van der Waals surface area (Å²) in [4.78, 5) is 58.9. The number of imidazole rings is 2. The van der Waals surface area contributed by atoms with Gasteiger partial charge in [0.1, 0.15) is 11.6 Å². The highest BCUT2D eigenvalue weighted by molar-refractivity contribution is 6.67. The summed E-state index contributed by atoms with van der Waals surface area (Å²) in [6.07, 6.45) is 9.42. The van der Waals surface area contributed by atoms with E-state index in [2.05, 4.69) is 22.2 Å². The van der Waals surface area contributed by atoms with Gasteiger partial charge in [0.25, 0.3) is 11.1 Å². The van der Waals surface area contributed by atoms with E-state index in [9.17, 15) is 36.7 Å². The highest BCUT2D eigenvalue weighted by atomic mass is 35.5. The zero-order valence-electron chi connectivity index (χ0n) is 34.3. The maximum absolute atomic E-state index is 13.7. The minimum atomic E-state index is -1.10. The Hall–Kier alpha value is -5.32. The van der Waals surface area contributed by atoms with Gasteiger partial charge in [-0.1, -0.05) is 34.1 Å². The van der Waals surface area contributed by atoms with E-state index in [0.29, 0.717) is 44.0 Å². The Balaban J connectivity index is 0.000000344. The average molecular weight is 883 g/mol. The Bertz CT molecular complexity index is 2090. The van der Waals surface area contributed by atoms with Crippen molar-refractivity contribution in [2.45, 2.75) is 112 Å². The number of aromatic nitrogens is 4. The number of aryl methyl sites for hydroxylation is 2. The van der Waals surface area contributed by atoms with Gasteiger partial charge in [-0.3, -0.25) is 19.2 Å². The number of rotatable bonds is 14. The van der Waals surface area contributed by atoms with Crippen LogP contribution in [0.4, 0.5) is 33.9 Å². The third kappa shape index (κ3) is 13.6. The van der Waals surface area contributed by atoms with Crippen molar-refractivity contribution < 1.29 is 50.9 Å². The van der Waals surface area contributed by atoms with Gasteiger partial charge in [0.15, 0.2) is 46.3 Å². The van der Waals surface area contributed by atoms with Crippen molar-refractivity contribution in [1.82, 2.24) is 19.1 Å². The molecule has 0 atom stereocenters. The zero-order chi connectivity index (χ0) is 43.1. The number of esters is 2. The first-order valence-electron chi connectivity index (χ1n) is 20.0. The van der Waals surface area contributed by atoms with E-state index in [-0.39, 0.29) is 47.3 Å². The van der Waals surface area contributed by atoms with Crippen molar-refractivity contribution in [3.05, 3.63) is 93.8 Å². The number of carbonyl (C=O) groups is 4. The molecule has 18 heteroatoms. The molecule has 0 radical (unpaired) electrons. The van der Waals surface area contributed by atoms with Crippen LogP contribution in [-0.2, 0) is 35.4 Å². The lowest BCUT2D eigenvalue weighted by Gasteiger charge is -2.22. The van der Waals surface area contributed by atoms with Crippen molar-refractivity contribution in [3.8, 4) is 0 Å². The van der Waals surface area contributed by atoms with E-state index in [1.165, 1.54) is 11.0 Å². The molecule has 0 fully saturated rings. The van der Waals surface area contributed by atoms with Crippen molar-refractivity contribution in [2.24, 2.45) is 0 Å². The van der Waals surface area contributed by atoms with Crippen LogP contribution < -0.4 is 10.2 Å². The molecule has 1 N–H and O–H groups in total. The van der Waals surface area contributed by atoms with Crippen LogP contribution in [0.1, 0.15) is 140 Å². The summed E-state index contributed by atoms with van der Waals surface area (Å²) in [5.74, 6) is -2.85. The second-order valence-electron chi connectivity index (χ2n) is 13.7. The molecule has 0 saturated carbocycles. The Morgan fingerprint density at radius 2 is 1.23 bits per heavy atom. The summed E-state index contributed by atoms with van der Waals surface area (Å²) in [7, 11) is 0. The number of nitrogens with zero attached hydrogens (tertiary/aromatic N) is 5. The number of nitrogens with one attached hydrogen (secondary N) is 1. The molecule has 4 heterocycles. The van der Waals surface area contributed by atoms with Gasteiger partial charge in [0, 0.05) is 50.1 Å². The minimum absolute atomic E-state index is 0. The summed E-state index contributed by atoms with van der Waals surface area (Å²) in [6.45, 7) is 10.9. The van der Waals surface area contributed by atoms with Gasteiger partial charge in [-0.05, 0) is 100 Å². The quantitative estimate of drug-likeness (QED) is 0.0568. The first kappa shape index (κ1) is 51.8. The fourth-order valence-corrected chi connectivity index (χ4v) is 6.60. The third-order valence-corrected chi connectivity index (χ3v) is 9.67. The maximum atomic E-state index is 13.7. The number of unbranched alkanes of at least 4 members (excludes halogenated alkanes) is 2. The second kappa shape index (κ2) is 25.5. The molecule has 0 aliphatic carbocycles. The molecule has 4 aromatic rings. The number of anilines is 2. The number of fused-ring (bicyclic) bond motifs is 2. The highest BCUT2D eigenvalue weighted by Crippen LogP contribution is 2.29. The number of ether oxygens (including phenoxy) is 2. The fourth-order valence-electron chi connectivity index (χ4n) is 6.48. The molecule has 6 rings (SSSR count). The van der Waals surface area contributed by atoms with Gasteiger partial charge in [-0.2, -0.15) is 0 Å². The molecule has 0 unspecified atom stereocenters. The van der Waals surface area contributed by atoms with Crippen LogP contribution >= 0.6 is 11.6 Å². The molecule has 0 spiro atoms. The van der Waals surface area contributed by atoms with Crippen LogP contribution in [-0.4, -0.2) is 68.5 Å². The highest BCUT2D eigenvalue weighted by Gasteiger charge is 2.32. The Morgan fingerprint density at radius 3 is 1.75 bits per heavy atom. The first-order chi connectivity index (χ1) is 28.4. The van der Waals surface area contributed by atoms with Crippen LogP contribution in [0.5, 0.6) is 0 Å². The van der Waals surface area contributed by atoms with Crippen LogP contribution in [0.2, 0.25) is 0 Å². The van der Waals surface area contributed by atoms with Crippen molar-refractivity contribution in [2.75, 3.05) is 36.5 Å². The predicted octanol–water partition coefficient (Wildman–Crippen LogP) is 9.86. The van der Waals surface area contributed by atoms with E-state index in [1.807, 2.05) is 23.0 Å². The van der Waals surface area contributed by atoms with Crippen LogP contribution in [0, 0.1) is 23.3 Å². The average Bonchev–Trinajstić information content (AvgIpc) is 3.79. The Labute approximate surface area is 358 Å². The topological polar surface area (TPSA) is 138 Å². The summed E-state index contributed by atoms with van der Waals surface area (Å²) in [5, 5.41) is 2.48. The largest absolute Gasteiger partial charge is 0.461 e. The number of halogens is 6. The van der Waals surface area contributed by atoms with Gasteiger partial charge >= 0.3 is 11.9 Å². The molecule has 2 aromatic carbocycles. The Morgan fingerprint density at radius 1 is 0.721 bits per heavy atom. The number of amides is 1. The molecule has 0 saturated heterocycles. The SMILES string of the molecule is C.CCCCN(C(=O)c1ccc(F)c(F)c1)c1nc2n(c1C(=O)OCC)CCCC2.CCCCNc1nc2n(c1C(=O)OCC)CCCC2.F.O=C(Cl)c1ccc(F)c(F)c1. The van der Waals surface area contributed by atoms with E-state index in [0.717, 1.165) is 106 Å². The Kier molecular flexibility index (Phi) is 21.6. The van der Waals surface area contributed by atoms with Gasteiger partial charge in [-0.25, -0.2) is 37.1 Å². The standard InChI is InChI=1S/C21H25F2N3O3.C14H23N3O2.C7H3ClF2O.CH4.FH/c1-3-5-11-26(20(27)14-9-10-15(22)16(23)13-14)19-18(21(28)29-4-2)25-12-7-6-8-17(25)24-19;1-3-5-9-15-13-12(14(18)19-4-2)17-10-7-6-8-11(17)16-13;8-7(11)4-1-2-5(9)6(10)3-4;;/h9-10,13H,3-8,11-12H2,1-2H3;15H,3-10H2,1-2H3;1-3H;1H4;1H. The molecule has 12 nitrogen and oxygen atoms in total. The lowest BCUT2D eigenvalue weighted by atomic mass is 10.1. The smallest absolute Gasteiger partial charge is 0.358 e. The van der Waals surface area contributed by atoms with Crippen LogP contribution in [0.15, 0.2) is 36.4 Å². The van der Waals surface area contributed by atoms with Crippen molar-refractivity contribution >= 4 is 46.3 Å². The summed E-state index contributed by atoms with van der Waals surface area (Å²) in [6, 6.07) is 5.75. The third-order valence-electron chi connectivity index (χ3n) is 9.45. The van der Waals surface area contributed by atoms with Gasteiger partial charge in [-0.15, -0.1) is 0 Å². The number of benzene rings is 2. The van der Waals surface area contributed by atoms with Gasteiger partial charge in [0.05, 0.1) is 13.2 Å². The fraction of sp³-hybridized carbons (Fsp3) is 0.488. The molecular formula is C43H56ClF5N6O6.